The molecule has 0 radical (unpaired) electrons. The van der Waals surface area contributed by atoms with Crippen LogP contribution in [0.2, 0.25) is 0 Å². The van der Waals surface area contributed by atoms with Gasteiger partial charge in [0.1, 0.15) is 15.6 Å². The third kappa shape index (κ3) is 7.04. The topological polar surface area (TPSA) is 97.3 Å². The number of aryl methyl sites for hydroxylation is 1. The van der Waals surface area contributed by atoms with Crippen LogP contribution in [0.5, 0.6) is 0 Å². The Morgan fingerprint density at radius 3 is 2.29 bits per heavy atom. The minimum atomic E-state index is -4.94. The number of carbonyl (C=O) groups excluding carboxylic acids is 2. The van der Waals surface area contributed by atoms with Crippen LogP contribution in [-0.2, 0) is 16.8 Å². The zero-order valence-electron chi connectivity index (χ0n) is 22.8. The summed E-state index contributed by atoms with van der Waals surface area (Å²) in [5.74, 6) is -4.82. The summed E-state index contributed by atoms with van der Waals surface area (Å²) < 4.78 is 73.7. The average Bonchev–Trinajstić information content (AvgIpc) is 3.36. The Labute approximate surface area is 237 Å². The molecule has 1 N–H and O–H groups in total. The van der Waals surface area contributed by atoms with E-state index in [4.69, 9.17) is 4.74 Å². The van der Waals surface area contributed by atoms with Crippen molar-refractivity contribution in [3.63, 3.8) is 0 Å². The van der Waals surface area contributed by atoms with Crippen LogP contribution in [0.3, 0.4) is 0 Å². The van der Waals surface area contributed by atoms with Crippen molar-refractivity contribution in [3.05, 3.63) is 63.5 Å². The molecule has 220 valence electrons. The molecule has 41 heavy (non-hydrogen) atoms. The predicted molar refractivity (Wildman–Crippen MR) is 141 cm³/mol. The second kappa shape index (κ2) is 11.4. The molecule has 1 fully saturated rings. The number of morpholine rings is 1. The highest BCUT2D eigenvalue weighted by atomic mass is 32.1. The van der Waals surface area contributed by atoms with Gasteiger partial charge in [-0.3, -0.25) is 14.6 Å². The van der Waals surface area contributed by atoms with Crippen LogP contribution in [0.15, 0.2) is 30.6 Å². The third-order valence-corrected chi connectivity index (χ3v) is 7.33. The van der Waals surface area contributed by atoms with Crippen molar-refractivity contribution in [1.82, 2.24) is 25.2 Å². The first-order valence-corrected chi connectivity index (χ1v) is 13.5. The molecule has 3 heterocycles. The molecule has 1 unspecified atom stereocenters. The monoisotopic (exact) mass is 597 g/mol. The molecule has 0 spiro atoms. The molecular formula is C27H28F5N5O3S. The van der Waals surface area contributed by atoms with Crippen LogP contribution in [0.4, 0.5) is 22.0 Å². The molecule has 0 bridgehead atoms. The average molecular weight is 598 g/mol. The van der Waals surface area contributed by atoms with E-state index < -0.39 is 40.7 Å². The Morgan fingerprint density at radius 2 is 1.68 bits per heavy atom. The fourth-order valence-electron chi connectivity index (χ4n) is 4.47. The molecule has 1 aromatic carbocycles. The van der Waals surface area contributed by atoms with Crippen molar-refractivity contribution in [2.45, 2.75) is 65.0 Å². The van der Waals surface area contributed by atoms with Crippen molar-refractivity contribution in [1.29, 1.82) is 0 Å². The summed E-state index contributed by atoms with van der Waals surface area (Å²) in [7, 11) is 0. The zero-order valence-corrected chi connectivity index (χ0v) is 23.7. The van der Waals surface area contributed by atoms with Crippen LogP contribution >= 0.6 is 11.3 Å². The van der Waals surface area contributed by atoms with E-state index >= 15 is 0 Å². The number of aromatic nitrogens is 3. The van der Waals surface area contributed by atoms with E-state index in [9.17, 15) is 31.5 Å². The van der Waals surface area contributed by atoms with Crippen LogP contribution in [0, 0.1) is 6.92 Å². The summed E-state index contributed by atoms with van der Waals surface area (Å²) in [5, 5.41) is 2.88. The highest BCUT2D eigenvalue weighted by Gasteiger charge is 2.35. The molecule has 3 aromatic rings. The summed E-state index contributed by atoms with van der Waals surface area (Å²) in [4.78, 5) is 41.4. The first kappa shape index (κ1) is 30.4. The molecular weight excluding hydrogens is 569 g/mol. The van der Waals surface area contributed by atoms with Gasteiger partial charge in [-0.15, -0.1) is 11.3 Å². The van der Waals surface area contributed by atoms with Crippen LogP contribution in [0.1, 0.15) is 76.3 Å². The number of benzene rings is 1. The van der Waals surface area contributed by atoms with Gasteiger partial charge >= 0.3 is 6.18 Å². The Hall–Kier alpha value is -3.52. The maximum Gasteiger partial charge on any atom is 0.416 e. The Morgan fingerprint density at radius 1 is 1.05 bits per heavy atom. The van der Waals surface area contributed by atoms with Crippen molar-refractivity contribution in [2.24, 2.45) is 0 Å². The van der Waals surface area contributed by atoms with Gasteiger partial charge in [0, 0.05) is 37.3 Å². The first-order valence-electron chi connectivity index (χ1n) is 12.7. The van der Waals surface area contributed by atoms with Gasteiger partial charge in [-0.25, -0.2) is 18.7 Å². The molecule has 8 nitrogen and oxygen atoms in total. The summed E-state index contributed by atoms with van der Waals surface area (Å²) in [6.07, 6.45) is -2.27. The lowest BCUT2D eigenvalue weighted by Crippen LogP contribution is -2.48. The fourth-order valence-corrected chi connectivity index (χ4v) is 5.36. The number of hydrogen-bond donors (Lipinski definition) is 1. The summed E-state index contributed by atoms with van der Waals surface area (Å²) in [6.45, 7) is 8.26. The third-order valence-electron chi connectivity index (χ3n) is 6.33. The van der Waals surface area contributed by atoms with Crippen LogP contribution in [0.25, 0.3) is 10.7 Å². The van der Waals surface area contributed by atoms with Crippen molar-refractivity contribution in [3.8, 4) is 10.7 Å². The molecule has 4 rings (SSSR count). The molecule has 1 aliphatic heterocycles. The van der Waals surface area contributed by atoms with Gasteiger partial charge in [-0.1, -0.05) is 0 Å². The number of carbonyl (C=O) groups is 2. The Bertz CT molecular complexity index is 1410. The van der Waals surface area contributed by atoms with Crippen LogP contribution in [-0.4, -0.2) is 57.0 Å². The highest BCUT2D eigenvalue weighted by molar-refractivity contribution is 7.16. The zero-order chi connectivity index (χ0) is 30.3. The van der Waals surface area contributed by atoms with E-state index in [0.29, 0.717) is 47.7 Å². The number of hydrogen-bond acceptors (Lipinski definition) is 7. The Kier molecular flexibility index (Phi) is 8.46. The maximum absolute atomic E-state index is 13.9. The number of nitrogens with zero attached hydrogens (tertiary/aromatic N) is 4. The van der Waals surface area contributed by atoms with Crippen molar-refractivity contribution >= 4 is 23.2 Å². The fraction of sp³-hybridized carbons (Fsp3) is 0.444. The quantitative estimate of drug-likeness (QED) is 0.362. The van der Waals surface area contributed by atoms with Gasteiger partial charge < -0.3 is 15.0 Å². The number of nitrogens with one attached hydrogen (secondary N) is 1. The van der Waals surface area contributed by atoms with E-state index in [1.807, 2.05) is 13.8 Å². The largest absolute Gasteiger partial charge is 0.416 e. The maximum atomic E-state index is 13.9. The molecule has 2 amide bonds. The lowest BCUT2D eigenvalue weighted by atomic mass is 10.0. The van der Waals surface area contributed by atoms with Gasteiger partial charge in [-0.05, 0) is 45.9 Å². The Balaban J connectivity index is 1.61. The molecule has 3 atom stereocenters. The van der Waals surface area contributed by atoms with Crippen molar-refractivity contribution < 1.29 is 36.3 Å². The summed E-state index contributed by atoms with van der Waals surface area (Å²) in [6, 6.07) is 0.663. The smallest absolute Gasteiger partial charge is 0.372 e. The molecule has 2 aromatic heterocycles. The minimum Gasteiger partial charge on any atom is -0.372 e. The summed E-state index contributed by atoms with van der Waals surface area (Å²) in [5.41, 5.74) is -1.89. The van der Waals surface area contributed by atoms with Crippen molar-refractivity contribution in [2.75, 3.05) is 13.1 Å². The lowest BCUT2D eigenvalue weighted by molar-refractivity contribution is -0.137. The van der Waals surface area contributed by atoms with E-state index in [1.165, 1.54) is 19.3 Å². The highest BCUT2D eigenvalue weighted by Crippen LogP contribution is 2.36. The van der Waals surface area contributed by atoms with Gasteiger partial charge in [0.2, 0.25) is 0 Å². The standard InChI is InChI=1S/C27H28F5N5O3S/c1-13-9-33-22(24-34-10-20(41-24)25(39)37-11-14(2)40-15(3)12-37)21(35-13)16(4)36-23(38)17-6-18(26(5,28)29)8-19(7-17)27(30,31)32/h6-10,14-16H,11-12H2,1-5H3,(H,36,38)/t14-,15+,16?. The van der Waals surface area contributed by atoms with Crippen LogP contribution < -0.4 is 5.32 Å². The van der Waals surface area contributed by atoms with E-state index in [2.05, 4.69) is 20.3 Å². The second-order valence-electron chi connectivity index (χ2n) is 10.1. The van der Waals surface area contributed by atoms with E-state index in [-0.39, 0.29) is 29.5 Å². The van der Waals surface area contributed by atoms with E-state index in [0.717, 1.165) is 17.4 Å². The van der Waals surface area contributed by atoms with Gasteiger partial charge in [-0.2, -0.15) is 13.2 Å². The minimum absolute atomic E-state index is 0.120. The molecule has 0 saturated carbocycles. The van der Waals surface area contributed by atoms with E-state index in [1.54, 1.807) is 11.8 Å². The SMILES string of the molecule is Cc1cnc(-c2ncc(C(=O)N3C[C@@H](C)O[C@@H](C)C3)s2)c(C(C)NC(=O)c2cc(C(C)(F)F)cc(C(F)(F)F)c2)n1. The summed E-state index contributed by atoms with van der Waals surface area (Å²) >= 11 is 1.09. The number of alkyl halides is 5. The number of thiazole rings is 1. The molecule has 14 heteroatoms. The van der Waals surface area contributed by atoms with Gasteiger partial charge in [0.25, 0.3) is 17.7 Å². The predicted octanol–water partition coefficient (Wildman–Crippen LogP) is 5.78. The number of rotatable bonds is 6. The second-order valence-corrected chi connectivity index (χ2v) is 11.2. The lowest BCUT2D eigenvalue weighted by Gasteiger charge is -2.35. The normalized spacial score (nSPS) is 18.7. The number of halogens is 5. The molecule has 1 aliphatic rings. The number of ether oxygens (including phenoxy) is 1. The molecule has 1 saturated heterocycles. The molecule has 0 aliphatic carbocycles. The van der Waals surface area contributed by atoms with Gasteiger partial charge in [0.05, 0.1) is 41.4 Å². The van der Waals surface area contributed by atoms with Gasteiger partial charge in [0.15, 0.2) is 0 Å². The first-order chi connectivity index (χ1) is 19.0. The number of amides is 2.